The van der Waals surface area contributed by atoms with Crippen molar-refractivity contribution in [2.24, 2.45) is 0 Å². The van der Waals surface area contributed by atoms with Crippen LogP contribution in [0.3, 0.4) is 0 Å². The molecular weight excluding hydrogens is 242 g/mol. The SMILES string of the molecule is [2H]c1c([2H])c([2H])c(C(=O)c2ccc3n2CCC3C(=O)O)c([2H])c1[2H]. The Morgan fingerprint density at radius 2 is 2.00 bits per heavy atom. The summed E-state index contributed by atoms with van der Waals surface area (Å²) in [6, 6.07) is 0.144. The molecule has 0 saturated heterocycles. The summed E-state index contributed by atoms with van der Waals surface area (Å²) in [5, 5.41) is 9.19. The van der Waals surface area contributed by atoms with E-state index < -0.39 is 53.4 Å². The van der Waals surface area contributed by atoms with Gasteiger partial charge in [-0.25, -0.2) is 0 Å². The standard InChI is InChI=1S/C15H13NO3/c17-14(10-4-2-1-3-5-10)13-7-6-12-11(15(18)19)8-9-16(12)13/h1-7,11H,8-9H2,(H,18,19)/i1D,2D,3D,4D,5D. The number of carboxylic acids is 1. The molecule has 1 aliphatic rings. The molecule has 0 bridgehead atoms. The number of carbonyl (C=O) groups excluding carboxylic acids is 1. The third kappa shape index (κ3) is 1.85. The highest BCUT2D eigenvalue weighted by Crippen LogP contribution is 2.31. The van der Waals surface area contributed by atoms with Gasteiger partial charge in [0.15, 0.2) is 0 Å². The second-order valence-corrected chi connectivity index (χ2v) is 4.30. The van der Waals surface area contributed by atoms with Crippen molar-refractivity contribution in [3.05, 3.63) is 59.3 Å². The normalized spacial score (nSPS) is 20.8. The Bertz CT molecular complexity index is 861. The molecule has 19 heavy (non-hydrogen) atoms. The molecule has 1 aliphatic heterocycles. The Morgan fingerprint density at radius 1 is 1.26 bits per heavy atom. The molecule has 0 spiro atoms. The van der Waals surface area contributed by atoms with Gasteiger partial charge in [-0.3, -0.25) is 9.59 Å². The van der Waals surface area contributed by atoms with Crippen LogP contribution in [0.4, 0.5) is 0 Å². The van der Waals surface area contributed by atoms with Crippen LogP contribution in [0.5, 0.6) is 0 Å². The minimum atomic E-state index is -0.978. The van der Waals surface area contributed by atoms with Gasteiger partial charge in [0.2, 0.25) is 5.78 Å². The highest BCUT2D eigenvalue weighted by Gasteiger charge is 2.31. The lowest BCUT2D eigenvalue weighted by molar-refractivity contribution is -0.138. The van der Waals surface area contributed by atoms with E-state index in [0.29, 0.717) is 18.7 Å². The zero-order valence-corrected chi connectivity index (χ0v) is 9.86. The van der Waals surface area contributed by atoms with Crippen LogP contribution in [0.2, 0.25) is 0 Å². The first-order chi connectivity index (χ1) is 11.3. The van der Waals surface area contributed by atoms with E-state index >= 15 is 0 Å². The summed E-state index contributed by atoms with van der Waals surface area (Å²) in [4.78, 5) is 24.0. The lowest BCUT2D eigenvalue weighted by Gasteiger charge is -2.05. The molecule has 0 aliphatic carbocycles. The molecule has 1 aromatic carbocycles. The first-order valence-electron chi connectivity index (χ1n) is 8.29. The quantitative estimate of drug-likeness (QED) is 0.861. The molecule has 1 N–H and O–H groups in total. The molecule has 4 nitrogen and oxygen atoms in total. The molecule has 0 radical (unpaired) electrons. The topological polar surface area (TPSA) is 59.3 Å². The van der Waals surface area contributed by atoms with E-state index in [1.807, 2.05) is 0 Å². The predicted octanol–water partition coefficient (Wildman–Crippen LogP) is 2.29. The van der Waals surface area contributed by atoms with Crippen LogP contribution in [0.25, 0.3) is 0 Å². The maximum absolute atomic E-state index is 12.8. The minimum absolute atomic E-state index is 0.132. The second-order valence-electron chi connectivity index (χ2n) is 4.30. The first kappa shape index (κ1) is 7.28. The summed E-state index contributed by atoms with van der Waals surface area (Å²) in [6.07, 6.45) is 0.353. The third-order valence-electron chi connectivity index (χ3n) is 3.27. The molecule has 2 heterocycles. The van der Waals surface area contributed by atoms with Crippen molar-refractivity contribution in [2.45, 2.75) is 18.9 Å². The lowest BCUT2D eigenvalue weighted by atomic mass is 10.1. The van der Waals surface area contributed by atoms with Crippen molar-refractivity contribution in [1.82, 2.24) is 4.57 Å². The molecule has 0 amide bonds. The molecule has 1 atom stereocenters. The number of carboxylic acid groups (broad SMARTS) is 1. The van der Waals surface area contributed by atoms with Crippen molar-refractivity contribution in [3.63, 3.8) is 0 Å². The van der Waals surface area contributed by atoms with Crippen molar-refractivity contribution in [2.75, 3.05) is 0 Å². The Hall–Kier alpha value is -2.36. The Balaban J connectivity index is 2.13. The van der Waals surface area contributed by atoms with Crippen LogP contribution < -0.4 is 0 Å². The van der Waals surface area contributed by atoms with Crippen molar-refractivity contribution < 1.29 is 21.5 Å². The molecule has 1 unspecified atom stereocenters. The zero-order valence-electron chi connectivity index (χ0n) is 14.9. The summed E-state index contributed by atoms with van der Waals surface area (Å²) in [7, 11) is 0. The molecule has 0 saturated carbocycles. The van der Waals surface area contributed by atoms with E-state index in [1.165, 1.54) is 12.1 Å². The second kappa shape index (κ2) is 4.39. The monoisotopic (exact) mass is 260 g/mol. The van der Waals surface area contributed by atoms with Gasteiger partial charge in [0.25, 0.3) is 0 Å². The maximum Gasteiger partial charge on any atom is 0.312 e. The number of fused-ring (bicyclic) bond motifs is 1. The maximum atomic E-state index is 12.8. The van der Waals surface area contributed by atoms with Gasteiger partial charge in [-0.2, -0.15) is 0 Å². The number of hydrogen-bond acceptors (Lipinski definition) is 2. The Kier molecular flexibility index (Phi) is 1.68. The molecule has 3 rings (SSSR count). The summed E-state index contributed by atoms with van der Waals surface area (Å²) >= 11 is 0. The van der Waals surface area contributed by atoms with Gasteiger partial charge in [0.1, 0.15) is 0 Å². The van der Waals surface area contributed by atoms with E-state index in [4.69, 9.17) is 6.85 Å². The summed E-state index contributed by atoms with van der Waals surface area (Å²) < 4.78 is 40.2. The smallest absolute Gasteiger partial charge is 0.312 e. The van der Waals surface area contributed by atoms with Gasteiger partial charge < -0.3 is 9.67 Å². The van der Waals surface area contributed by atoms with Crippen molar-refractivity contribution in [3.8, 4) is 0 Å². The largest absolute Gasteiger partial charge is 0.481 e. The number of rotatable bonds is 3. The van der Waals surface area contributed by atoms with Gasteiger partial charge >= 0.3 is 5.97 Å². The molecule has 0 fully saturated rings. The molecule has 96 valence electrons. The number of benzene rings is 1. The number of ketones is 1. The van der Waals surface area contributed by atoms with Gasteiger partial charge in [-0.15, -0.1) is 0 Å². The first-order valence-corrected chi connectivity index (χ1v) is 5.79. The van der Waals surface area contributed by atoms with Crippen LogP contribution in [-0.4, -0.2) is 21.4 Å². The Morgan fingerprint density at radius 3 is 2.68 bits per heavy atom. The highest BCUT2D eigenvalue weighted by molar-refractivity contribution is 6.08. The number of nitrogens with zero attached hydrogens (tertiary/aromatic N) is 1. The van der Waals surface area contributed by atoms with Crippen LogP contribution in [-0.2, 0) is 11.3 Å². The molecule has 4 heteroatoms. The van der Waals surface area contributed by atoms with E-state index in [1.54, 1.807) is 4.57 Å². The minimum Gasteiger partial charge on any atom is -0.481 e. The number of aromatic nitrogens is 1. The summed E-state index contributed by atoms with van der Waals surface area (Å²) in [5.74, 6) is -2.38. The number of carbonyl (C=O) groups is 2. The van der Waals surface area contributed by atoms with Crippen LogP contribution in [0.15, 0.2) is 42.3 Å². The van der Waals surface area contributed by atoms with Crippen LogP contribution >= 0.6 is 0 Å². The van der Waals surface area contributed by atoms with Gasteiger partial charge in [-0.05, 0) is 18.6 Å². The van der Waals surface area contributed by atoms with Crippen molar-refractivity contribution >= 4 is 11.8 Å². The van der Waals surface area contributed by atoms with Crippen LogP contribution in [0, 0.1) is 0 Å². The average molecular weight is 260 g/mol. The molecule has 1 aromatic heterocycles. The zero-order chi connectivity index (χ0) is 17.8. The van der Waals surface area contributed by atoms with E-state index in [9.17, 15) is 14.7 Å². The van der Waals surface area contributed by atoms with Crippen LogP contribution in [0.1, 0.15) is 40.9 Å². The predicted molar refractivity (Wildman–Crippen MR) is 69.3 cm³/mol. The van der Waals surface area contributed by atoms with Gasteiger partial charge in [-0.1, -0.05) is 30.2 Å². The lowest BCUT2D eigenvalue weighted by Crippen LogP contribution is -2.09. The number of hydrogen-bond donors (Lipinski definition) is 1. The van der Waals surface area contributed by atoms with E-state index in [0.717, 1.165) is 0 Å². The fourth-order valence-corrected chi connectivity index (χ4v) is 2.38. The number of aliphatic carboxylic acids is 1. The van der Waals surface area contributed by atoms with E-state index in [2.05, 4.69) is 0 Å². The molecular formula is C15H13NO3. The fourth-order valence-electron chi connectivity index (χ4n) is 2.38. The summed E-state index contributed by atoms with van der Waals surface area (Å²) in [6.45, 7) is 0.332. The van der Waals surface area contributed by atoms with Gasteiger partial charge in [0, 0.05) is 17.8 Å². The van der Waals surface area contributed by atoms with E-state index in [-0.39, 0.29) is 5.69 Å². The van der Waals surface area contributed by atoms with Crippen molar-refractivity contribution in [1.29, 1.82) is 0 Å². The highest BCUT2D eigenvalue weighted by atomic mass is 16.4. The fraction of sp³-hybridized carbons (Fsp3) is 0.200. The Labute approximate surface area is 117 Å². The van der Waals surface area contributed by atoms with Gasteiger partial charge in [0.05, 0.1) is 18.5 Å². The average Bonchev–Trinajstić information content (AvgIpc) is 3.12. The molecule has 2 aromatic rings. The summed E-state index contributed by atoms with van der Waals surface area (Å²) in [5.41, 5.74) is 0.214. The third-order valence-corrected chi connectivity index (χ3v) is 3.27.